The van der Waals surface area contributed by atoms with Crippen molar-refractivity contribution < 1.29 is 4.79 Å². The standard InChI is InChI=1S/C15H30N2O/c1-5-6-7-8-17(12(2)3)14(18)15(11-16)9-13(4)10-15/h12-13H,5-11,16H2,1-4H3. The Hall–Kier alpha value is -0.570. The van der Waals surface area contributed by atoms with E-state index >= 15 is 0 Å². The molecule has 0 aromatic carbocycles. The molecule has 0 aromatic rings. The molecule has 1 fully saturated rings. The lowest BCUT2D eigenvalue weighted by Crippen LogP contribution is -2.56. The second kappa shape index (κ2) is 6.55. The summed E-state index contributed by atoms with van der Waals surface area (Å²) in [6.07, 6.45) is 5.44. The maximum atomic E-state index is 12.7. The smallest absolute Gasteiger partial charge is 0.230 e. The average molecular weight is 254 g/mol. The van der Waals surface area contributed by atoms with E-state index in [2.05, 4.69) is 32.6 Å². The van der Waals surface area contributed by atoms with Crippen molar-refractivity contribution in [2.75, 3.05) is 13.1 Å². The topological polar surface area (TPSA) is 46.3 Å². The molecule has 0 heterocycles. The number of hydrogen-bond donors (Lipinski definition) is 1. The highest BCUT2D eigenvalue weighted by Gasteiger charge is 2.49. The van der Waals surface area contributed by atoms with Crippen molar-refractivity contribution in [2.24, 2.45) is 17.1 Å². The van der Waals surface area contributed by atoms with E-state index in [1.165, 1.54) is 12.8 Å². The molecule has 0 bridgehead atoms. The molecule has 0 unspecified atom stereocenters. The second-order valence-electron chi connectivity index (χ2n) is 6.30. The van der Waals surface area contributed by atoms with Gasteiger partial charge in [-0.1, -0.05) is 26.7 Å². The SMILES string of the molecule is CCCCCN(C(=O)C1(CN)CC(C)C1)C(C)C. The summed E-state index contributed by atoms with van der Waals surface area (Å²) in [7, 11) is 0. The minimum Gasteiger partial charge on any atom is -0.340 e. The molecule has 0 aliphatic heterocycles. The van der Waals surface area contributed by atoms with Gasteiger partial charge in [0.15, 0.2) is 0 Å². The minimum atomic E-state index is -0.240. The first-order chi connectivity index (χ1) is 8.46. The highest BCUT2D eigenvalue weighted by atomic mass is 16.2. The van der Waals surface area contributed by atoms with Gasteiger partial charge in [-0.2, -0.15) is 0 Å². The summed E-state index contributed by atoms with van der Waals surface area (Å²) in [5, 5.41) is 0. The summed E-state index contributed by atoms with van der Waals surface area (Å²) in [6.45, 7) is 10.0. The lowest BCUT2D eigenvalue weighted by atomic mass is 9.61. The molecule has 1 rings (SSSR count). The molecular formula is C15H30N2O. The summed E-state index contributed by atoms with van der Waals surface area (Å²) >= 11 is 0. The molecule has 0 radical (unpaired) electrons. The van der Waals surface area contributed by atoms with Crippen molar-refractivity contribution >= 4 is 5.91 Å². The Kier molecular flexibility index (Phi) is 5.64. The number of amides is 1. The van der Waals surface area contributed by atoms with Gasteiger partial charge in [0.25, 0.3) is 0 Å². The van der Waals surface area contributed by atoms with Crippen molar-refractivity contribution in [3.8, 4) is 0 Å². The third kappa shape index (κ3) is 3.25. The fourth-order valence-electron chi connectivity index (χ4n) is 3.13. The molecular weight excluding hydrogens is 224 g/mol. The normalized spacial score (nSPS) is 27.1. The first-order valence-electron chi connectivity index (χ1n) is 7.48. The number of hydrogen-bond acceptors (Lipinski definition) is 2. The maximum Gasteiger partial charge on any atom is 0.230 e. The molecule has 3 nitrogen and oxygen atoms in total. The lowest BCUT2D eigenvalue weighted by Gasteiger charge is -2.47. The fourth-order valence-corrected chi connectivity index (χ4v) is 3.13. The van der Waals surface area contributed by atoms with Gasteiger partial charge in [0, 0.05) is 19.1 Å². The number of unbranched alkanes of at least 4 members (excludes halogenated alkanes) is 2. The maximum absolute atomic E-state index is 12.7. The average Bonchev–Trinajstić information content (AvgIpc) is 2.29. The zero-order chi connectivity index (χ0) is 13.8. The van der Waals surface area contributed by atoms with Crippen LogP contribution in [0.15, 0.2) is 0 Å². The molecule has 3 heteroatoms. The molecule has 0 saturated heterocycles. The van der Waals surface area contributed by atoms with Crippen LogP contribution >= 0.6 is 0 Å². The van der Waals surface area contributed by atoms with E-state index < -0.39 is 0 Å². The van der Waals surface area contributed by atoms with Gasteiger partial charge in [-0.3, -0.25) is 4.79 Å². The Bertz CT molecular complexity index is 270. The third-order valence-corrected chi connectivity index (χ3v) is 4.21. The van der Waals surface area contributed by atoms with Crippen LogP contribution in [0.2, 0.25) is 0 Å². The van der Waals surface area contributed by atoms with Crippen molar-refractivity contribution in [1.29, 1.82) is 0 Å². The van der Waals surface area contributed by atoms with Crippen LogP contribution in [0.5, 0.6) is 0 Å². The Morgan fingerprint density at radius 2 is 2.00 bits per heavy atom. The minimum absolute atomic E-state index is 0.240. The van der Waals surface area contributed by atoms with Crippen LogP contribution in [-0.4, -0.2) is 29.9 Å². The highest BCUT2D eigenvalue weighted by molar-refractivity contribution is 5.84. The fraction of sp³-hybridized carbons (Fsp3) is 0.933. The van der Waals surface area contributed by atoms with Crippen LogP contribution in [0.25, 0.3) is 0 Å². The summed E-state index contributed by atoms with van der Waals surface area (Å²) in [5.41, 5.74) is 5.64. The van der Waals surface area contributed by atoms with E-state index in [0.29, 0.717) is 18.4 Å². The first kappa shape index (κ1) is 15.5. The Balaban J connectivity index is 2.64. The van der Waals surface area contributed by atoms with Crippen LogP contribution in [0, 0.1) is 11.3 Å². The van der Waals surface area contributed by atoms with E-state index in [1.54, 1.807) is 0 Å². The predicted octanol–water partition coefficient (Wildman–Crippen LogP) is 2.79. The van der Waals surface area contributed by atoms with Gasteiger partial charge in [0.1, 0.15) is 0 Å². The molecule has 106 valence electrons. The summed E-state index contributed by atoms with van der Waals surface area (Å²) in [6, 6.07) is 0.286. The summed E-state index contributed by atoms with van der Waals surface area (Å²) < 4.78 is 0. The zero-order valence-electron chi connectivity index (χ0n) is 12.5. The number of rotatable bonds is 7. The van der Waals surface area contributed by atoms with Crippen LogP contribution in [-0.2, 0) is 4.79 Å². The summed E-state index contributed by atoms with van der Waals surface area (Å²) in [4.78, 5) is 14.8. The number of carbonyl (C=O) groups is 1. The second-order valence-corrected chi connectivity index (χ2v) is 6.30. The van der Waals surface area contributed by atoms with Gasteiger partial charge in [0.05, 0.1) is 5.41 Å². The van der Waals surface area contributed by atoms with E-state index in [0.717, 1.165) is 25.8 Å². The zero-order valence-corrected chi connectivity index (χ0v) is 12.5. The molecule has 0 atom stereocenters. The van der Waals surface area contributed by atoms with Crippen LogP contribution in [0.1, 0.15) is 59.8 Å². The molecule has 18 heavy (non-hydrogen) atoms. The van der Waals surface area contributed by atoms with Crippen LogP contribution in [0.4, 0.5) is 0 Å². The number of nitrogens with zero attached hydrogens (tertiary/aromatic N) is 1. The molecule has 1 saturated carbocycles. The van der Waals surface area contributed by atoms with Gasteiger partial charge in [-0.25, -0.2) is 0 Å². The van der Waals surface area contributed by atoms with Gasteiger partial charge in [-0.05, 0) is 39.0 Å². The highest BCUT2D eigenvalue weighted by Crippen LogP contribution is 2.46. The van der Waals surface area contributed by atoms with Gasteiger partial charge < -0.3 is 10.6 Å². The largest absolute Gasteiger partial charge is 0.340 e. The van der Waals surface area contributed by atoms with Crippen molar-refractivity contribution in [3.63, 3.8) is 0 Å². The third-order valence-electron chi connectivity index (χ3n) is 4.21. The molecule has 1 aliphatic rings. The quantitative estimate of drug-likeness (QED) is 0.710. The lowest BCUT2D eigenvalue weighted by molar-refractivity contribution is -0.151. The summed E-state index contributed by atoms with van der Waals surface area (Å²) in [5.74, 6) is 0.955. The molecule has 1 aliphatic carbocycles. The van der Waals surface area contributed by atoms with Crippen LogP contribution < -0.4 is 5.73 Å². The van der Waals surface area contributed by atoms with Crippen molar-refractivity contribution in [2.45, 2.75) is 65.8 Å². The Morgan fingerprint density at radius 3 is 2.39 bits per heavy atom. The van der Waals surface area contributed by atoms with Gasteiger partial charge >= 0.3 is 0 Å². The Labute approximate surface area is 112 Å². The number of carbonyl (C=O) groups excluding carboxylic acids is 1. The van der Waals surface area contributed by atoms with Gasteiger partial charge in [-0.15, -0.1) is 0 Å². The molecule has 0 aromatic heterocycles. The van der Waals surface area contributed by atoms with Gasteiger partial charge in [0.2, 0.25) is 5.91 Å². The monoisotopic (exact) mass is 254 g/mol. The number of nitrogens with two attached hydrogens (primary N) is 1. The van der Waals surface area contributed by atoms with Crippen molar-refractivity contribution in [1.82, 2.24) is 4.90 Å². The molecule has 2 N–H and O–H groups in total. The van der Waals surface area contributed by atoms with Crippen LogP contribution in [0.3, 0.4) is 0 Å². The van der Waals surface area contributed by atoms with E-state index in [9.17, 15) is 4.79 Å². The Morgan fingerprint density at radius 1 is 1.39 bits per heavy atom. The van der Waals surface area contributed by atoms with E-state index in [4.69, 9.17) is 5.73 Å². The van der Waals surface area contributed by atoms with E-state index in [1.807, 2.05) is 0 Å². The predicted molar refractivity (Wildman–Crippen MR) is 76.3 cm³/mol. The first-order valence-corrected chi connectivity index (χ1v) is 7.48. The molecule has 1 amide bonds. The van der Waals surface area contributed by atoms with Crippen molar-refractivity contribution in [3.05, 3.63) is 0 Å². The molecule has 0 spiro atoms. The van der Waals surface area contributed by atoms with E-state index in [-0.39, 0.29) is 11.5 Å².